The number of nitrogens with zero attached hydrogens (tertiary/aromatic N) is 4. The monoisotopic (exact) mass is 496 g/mol. The number of aliphatic hydroxyl groups is 1. The highest BCUT2D eigenvalue weighted by Crippen LogP contribution is 2.46. The molecule has 0 spiro atoms. The summed E-state index contributed by atoms with van der Waals surface area (Å²) in [6, 6.07) is 6.10. The first kappa shape index (κ1) is 25.8. The molecule has 1 saturated heterocycles. The van der Waals surface area contributed by atoms with Crippen LogP contribution in [0.3, 0.4) is 0 Å². The van der Waals surface area contributed by atoms with Crippen LogP contribution in [0.1, 0.15) is 33.6 Å². The first-order valence-electron chi connectivity index (χ1n) is 12.7. The summed E-state index contributed by atoms with van der Waals surface area (Å²) in [6.45, 7) is 5.85. The van der Waals surface area contributed by atoms with E-state index in [1.807, 2.05) is 57.2 Å². The first-order chi connectivity index (χ1) is 17.3. The lowest BCUT2D eigenvalue weighted by Crippen LogP contribution is -2.52. The van der Waals surface area contributed by atoms with E-state index < -0.39 is 29.8 Å². The second kappa shape index (κ2) is 10.8. The molecule has 2 aliphatic rings. The van der Waals surface area contributed by atoms with Crippen molar-refractivity contribution in [1.82, 2.24) is 30.5 Å². The van der Waals surface area contributed by atoms with Crippen LogP contribution in [0.4, 0.5) is 0 Å². The number of rotatable bonds is 9. The normalized spacial score (nSPS) is 26.3. The largest absolute Gasteiger partial charge is 0.394 e. The number of benzene rings is 1. The van der Waals surface area contributed by atoms with E-state index in [0.29, 0.717) is 12.8 Å². The van der Waals surface area contributed by atoms with Crippen LogP contribution in [0, 0.1) is 29.6 Å². The third kappa shape index (κ3) is 4.61. The van der Waals surface area contributed by atoms with Gasteiger partial charge in [0.15, 0.2) is 0 Å². The van der Waals surface area contributed by atoms with Crippen molar-refractivity contribution in [3.05, 3.63) is 36.4 Å². The molecule has 0 saturated carbocycles. The summed E-state index contributed by atoms with van der Waals surface area (Å²) in [5, 5.41) is 24.2. The number of amides is 3. The second-order valence-electron chi connectivity index (χ2n) is 10.1. The number of para-hydroxylation sites is 1. The predicted molar refractivity (Wildman–Crippen MR) is 134 cm³/mol. The van der Waals surface area contributed by atoms with Crippen LogP contribution in [0.5, 0.6) is 0 Å². The molecule has 4 rings (SSSR count). The van der Waals surface area contributed by atoms with Crippen molar-refractivity contribution in [1.29, 1.82) is 0 Å². The van der Waals surface area contributed by atoms with Gasteiger partial charge in [-0.1, -0.05) is 50.3 Å². The summed E-state index contributed by atoms with van der Waals surface area (Å²) in [6.07, 6.45) is 5.15. The number of allylic oxidation sites excluding steroid dienone is 1. The zero-order chi connectivity index (χ0) is 26.0. The number of carbonyl (C=O) groups excluding carboxylic acids is 3. The van der Waals surface area contributed by atoms with Crippen molar-refractivity contribution >= 4 is 28.8 Å². The van der Waals surface area contributed by atoms with Gasteiger partial charge in [0.2, 0.25) is 17.7 Å². The Hall–Kier alpha value is -3.27. The lowest BCUT2D eigenvalue weighted by atomic mass is 9.69. The van der Waals surface area contributed by atoms with Gasteiger partial charge in [-0.25, -0.2) is 4.68 Å². The van der Waals surface area contributed by atoms with Gasteiger partial charge in [0.05, 0.1) is 30.0 Å². The highest BCUT2D eigenvalue weighted by Gasteiger charge is 2.58. The fourth-order valence-corrected chi connectivity index (χ4v) is 5.86. The van der Waals surface area contributed by atoms with Gasteiger partial charge in [0.1, 0.15) is 18.2 Å². The summed E-state index contributed by atoms with van der Waals surface area (Å²) >= 11 is 0. The summed E-state index contributed by atoms with van der Waals surface area (Å²) in [5.41, 5.74) is 1.50. The van der Waals surface area contributed by atoms with Gasteiger partial charge < -0.3 is 20.6 Å². The predicted octanol–water partition coefficient (Wildman–Crippen LogP) is 1.31. The molecule has 2 heterocycles. The maximum atomic E-state index is 13.9. The highest BCUT2D eigenvalue weighted by atomic mass is 16.3. The number of carbonyl (C=O) groups is 3. The summed E-state index contributed by atoms with van der Waals surface area (Å²) in [7, 11) is 1.57. The average Bonchev–Trinajstić information content (AvgIpc) is 3.43. The molecule has 3 N–H and O–H groups in total. The quantitative estimate of drug-likeness (QED) is 0.449. The lowest BCUT2D eigenvalue weighted by molar-refractivity contribution is -0.143. The van der Waals surface area contributed by atoms with E-state index in [4.69, 9.17) is 0 Å². The maximum absolute atomic E-state index is 13.9. The molecule has 1 aliphatic heterocycles. The fraction of sp³-hybridized carbons (Fsp3) is 0.577. The SMILES string of the molecule is CC[C@@H]1C=C[C@H]2[C@@H](C(=O)N([C@@H](CO)CC(C)C)[C@@H]2C(=O)NCn2nnc3ccccc32)[C@@H]1C(=O)NC. The number of fused-ring (bicyclic) bond motifs is 2. The van der Waals surface area contributed by atoms with Crippen molar-refractivity contribution < 1.29 is 19.5 Å². The Kier molecular flexibility index (Phi) is 7.73. The van der Waals surface area contributed by atoms with Crippen LogP contribution in [-0.4, -0.2) is 68.5 Å². The summed E-state index contributed by atoms with van der Waals surface area (Å²) in [5.74, 6) is -2.39. The van der Waals surface area contributed by atoms with Crippen molar-refractivity contribution in [3.63, 3.8) is 0 Å². The highest BCUT2D eigenvalue weighted by molar-refractivity contribution is 5.97. The van der Waals surface area contributed by atoms with Crippen molar-refractivity contribution in [2.45, 2.75) is 52.4 Å². The zero-order valence-corrected chi connectivity index (χ0v) is 21.3. The van der Waals surface area contributed by atoms with E-state index in [2.05, 4.69) is 20.9 Å². The Balaban J connectivity index is 1.67. The van der Waals surface area contributed by atoms with Gasteiger partial charge in [0.25, 0.3) is 0 Å². The minimum absolute atomic E-state index is 0.0867. The van der Waals surface area contributed by atoms with Gasteiger partial charge in [-0.05, 0) is 36.8 Å². The number of likely N-dealkylation sites (tertiary alicyclic amines) is 1. The molecule has 194 valence electrons. The third-order valence-electron chi connectivity index (χ3n) is 7.51. The molecule has 1 aromatic heterocycles. The van der Waals surface area contributed by atoms with E-state index in [1.54, 1.807) is 16.6 Å². The number of aromatic nitrogens is 3. The molecule has 1 aliphatic carbocycles. The van der Waals surface area contributed by atoms with Crippen LogP contribution < -0.4 is 10.6 Å². The Morgan fingerprint density at radius 3 is 2.58 bits per heavy atom. The Morgan fingerprint density at radius 1 is 1.17 bits per heavy atom. The van der Waals surface area contributed by atoms with Gasteiger partial charge in [0, 0.05) is 13.0 Å². The van der Waals surface area contributed by atoms with Crippen LogP contribution in [0.2, 0.25) is 0 Å². The third-order valence-corrected chi connectivity index (χ3v) is 7.51. The maximum Gasteiger partial charge on any atom is 0.244 e. The smallest absolute Gasteiger partial charge is 0.244 e. The van der Waals surface area contributed by atoms with Gasteiger partial charge in [-0.15, -0.1) is 5.10 Å². The van der Waals surface area contributed by atoms with Gasteiger partial charge in [-0.3, -0.25) is 14.4 Å². The van der Waals surface area contributed by atoms with E-state index >= 15 is 0 Å². The fourth-order valence-electron chi connectivity index (χ4n) is 5.86. The number of aliphatic hydroxyl groups excluding tert-OH is 1. The van der Waals surface area contributed by atoms with Crippen LogP contribution in [0.25, 0.3) is 11.0 Å². The topological polar surface area (TPSA) is 129 Å². The number of hydrogen-bond acceptors (Lipinski definition) is 6. The van der Waals surface area contributed by atoms with E-state index in [1.165, 1.54) is 0 Å². The van der Waals surface area contributed by atoms with Gasteiger partial charge in [-0.2, -0.15) is 0 Å². The molecule has 2 aromatic rings. The number of nitrogens with one attached hydrogen (secondary N) is 2. The minimum Gasteiger partial charge on any atom is -0.394 e. The standard InChI is InChI=1S/C26H36N6O4/c1-5-16-10-11-18-22(21(16)24(34)27-4)26(36)32(17(13-33)12-15(2)3)23(18)25(35)28-14-31-20-9-7-6-8-19(20)29-30-31/h6-11,15-18,21-23,33H,5,12-14H2,1-4H3,(H,27,34)(H,28,35)/t16-,17-,18+,21-,22-,23+/m1/s1. The van der Waals surface area contributed by atoms with Gasteiger partial charge >= 0.3 is 0 Å². The molecule has 1 fully saturated rings. The molecular weight excluding hydrogens is 460 g/mol. The van der Waals surface area contributed by atoms with Crippen molar-refractivity contribution in [2.75, 3.05) is 13.7 Å². The van der Waals surface area contributed by atoms with E-state index in [9.17, 15) is 19.5 Å². The molecule has 0 unspecified atom stereocenters. The molecule has 0 bridgehead atoms. The molecule has 1 aromatic carbocycles. The summed E-state index contributed by atoms with van der Waals surface area (Å²) in [4.78, 5) is 42.1. The molecule has 10 heteroatoms. The molecule has 6 atom stereocenters. The molecular formula is C26H36N6O4. The molecule has 0 radical (unpaired) electrons. The molecule has 36 heavy (non-hydrogen) atoms. The zero-order valence-electron chi connectivity index (χ0n) is 21.3. The first-order valence-corrected chi connectivity index (χ1v) is 12.7. The van der Waals surface area contributed by atoms with E-state index in [0.717, 1.165) is 11.0 Å². The Labute approximate surface area is 211 Å². The molecule has 10 nitrogen and oxygen atoms in total. The lowest BCUT2D eigenvalue weighted by Gasteiger charge is -2.34. The van der Waals surface area contributed by atoms with Crippen LogP contribution >= 0.6 is 0 Å². The Bertz CT molecular complexity index is 1140. The Morgan fingerprint density at radius 2 is 1.92 bits per heavy atom. The second-order valence-corrected chi connectivity index (χ2v) is 10.1. The number of hydrogen-bond donors (Lipinski definition) is 3. The van der Waals surface area contributed by atoms with Crippen LogP contribution in [-0.2, 0) is 21.1 Å². The van der Waals surface area contributed by atoms with Crippen molar-refractivity contribution in [3.8, 4) is 0 Å². The summed E-state index contributed by atoms with van der Waals surface area (Å²) < 4.78 is 1.60. The minimum atomic E-state index is -0.839. The van der Waals surface area contributed by atoms with Crippen molar-refractivity contribution in [2.24, 2.45) is 29.6 Å². The van der Waals surface area contributed by atoms with E-state index in [-0.39, 0.29) is 42.8 Å². The molecule has 3 amide bonds. The average molecular weight is 497 g/mol. The van der Waals surface area contributed by atoms with Crippen LogP contribution in [0.15, 0.2) is 36.4 Å².